The molecule has 148 valence electrons. The molecule has 3 heterocycles. The predicted molar refractivity (Wildman–Crippen MR) is 105 cm³/mol. The van der Waals surface area contributed by atoms with Crippen LogP contribution in [0.25, 0.3) is 0 Å². The zero-order valence-electron chi connectivity index (χ0n) is 16.6. The highest BCUT2D eigenvalue weighted by atomic mass is 16.2. The fourth-order valence-corrected chi connectivity index (χ4v) is 4.14. The molecule has 1 N–H and O–H groups in total. The summed E-state index contributed by atoms with van der Waals surface area (Å²) in [5, 5.41) is 3.20. The lowest BCUT2D eigenvalue weighted by molar-refractivity contribution is -0.129. The second kappa shape index (κ2) is 8.83. The fourth-order valence-electron chi connectivity index (χ4n) is 4.14. The summed E-state index contributed by atoms with van der Waals surface area (Å²) in [6, 6.07) is 3.82. The molecule has 0 spiro atoms. The quantitative estimate of drug-likeness (QED) is 0.831. The van der Waals surface area contributed by atoms with Gasteiger partial charge in [0, 0.05) is 44.0 Å². The number of amides is 2. The molecule has 1 aromatic heterocycles. The summed E-state index contributed by atoms with van der Waals surface area (Å²) < 4.78 is 0. The van der Waals surface area contributed by atoms with Gasteiger partial charge in [0.15, 0.2) is 0 Å². The van der Waals surface area contributed by atoms with Crippen molar-refractivity contribution in [3.63, 3.8) is 0 Å². The molecule has 1 unspecified atom stereocenters. The number of carbonyl (C=O) groups excluding carboxylic acids is 2. The molecule has 6 heteroatoms. The summed E-state index contributed by atoms with van der Waals surface area (Å²) in [7, 11) is 0. The van der Waals surface area contributed by atoms with E-state index in [1.165, 1.54) is 25.7 Å². The molecule has 2 saturated heterocycles. The Morgan fingerprint density at radius 3 is 2.52 bits per heavy atom. The number of rotatable bonds is 6. The minimum absolute atomic E-state index is 0.000371. The van der Waals surface area contributed by atoms with Crippen molar-refractivity contribution in [3.8, 4) is 0 Å². The first-order chi connectivity index (χ1) is 12.9. The number of hydrogen-bond donors (Lipinski definition) is 1. The van der Waals surface area contributed by atoms with Crippen molar-refractivity contribution in [1.29, 1.82) is 0 Å². The Kier molecular flexibility index (Phi) is 6.47. The maximum Gasteiger partial charge on any atom is 0.225 e. The van der Waals surface area contributed by atoms with Crippen molar-refractivity contribution in [1.82, 2.24) is 20.1 Å². The van der Waals surface area contributed by atoms with E-state index < -0.39 is 0 Å². The van der Waals surface area contributed by atoms with Crippen LogP contribution >= 0.6 is 0 Å². The molecule has 0 bridgehead atoms. The van der Waals surface area contributed by atoms with E-state index in [4.69, 9.17) is 0 Å². The standard InChI is InChI=1S/C21H32N4O2/c1-21(2,16-24-11-5-3-4-6-12-24)23-20(27)18-13-19(26)25(15-18)14-17-7-9-22-10-8-17/h7-10,18H,3-6,11-16H2,1-2H3,(H,23,27). The molecule has 2 fully saturated rings. The molecule has 0 radical (unpaired) electrons. The van der Waals surface area contributed by atoms with Gasteiger partial charge in [-0.3, -0.25) is 14.6 Å². The van der Waals surface area contributed by atoms with Crippen LogP contribution in [0.4, 0.5) is 0 Å². The Hall–Kier alpha value is -1.95. The topological polar surface area (TPSA) is 65.5 Å². The summed E-state index contributed by atoms with van der Waals surface area (Å²) >= 11 is 0. The second-order valence-electron chi connectivity index (χ2n) is 8.59. The predicted octanol–water partition coefficient (Wildman–Crippen LogP) is 2.20. The van der Waals surface area contributed by atoms with Crippen LogP contribution in [-0.2, 0) is 16.1 Å². The fraction of sp³-hybridized carbons (Fsp3) is 0.667. The number of hydrogen-bond acceptors (Lipinski definition) is 4. The van der Waals surface area contributed by atoms with E-state index in [0.717, 1.165) is 25.2 Å². The van der Waals surface area contributed by atoms with Gasteiger partial charge in [0.1, 0.15) is 0 Å². The van der Waals surface area contributed by atoms with E-state index in [-0.39, 0.29) is 23.3 Å². The lowest BCUT2D eigenvalue weighted by Gasteiger charge is -2.33. The lowest BCUT2D eigenvalue weighted by atomic mass is 10.0. The van der Waals surface area contributed by atoms with E-state index in [2.05, 4.69) is 29.0 Å². The monoisotopic (exact) mass is 372 g/mol. The van der Waals surface area contributed by atoms with Crippen LogP contribution in [0.2, 0.25) is 0 Å². The minimum Gasteiger partial charge on any atom is -0.350 e. The largest absolute Gasteiger partial charge is 0.350 e. The highest BCUT2D eigenvalue weighted by Crippen LogP contribution is 2.22. The summed E-state index contributed by atoms with van der Waals surface area (Å²) in [5.74, 6) is -0.208. The van der Waals surface area contributed by atoms with Crippen LogP contribution in [-0.4, -0.2) is 58.3 Å². The van der Waals surface area contributed by atoms with Gasteiger partial charge in [0.05, 0.1) is 5.92 Å². The van der Waals surface area contributed by atoms with Crippen molar-refractivity contribution in [2.45, 2.75) is 58.0 Å². The normalized spacial score (nSPS) is 21.9. The van der Waals surface area contributed by atoms with Gasteiger partial charge in [-0.05, 0) is 57.5 Å². The summed E-state index contributed by atoms with van der Waals surface area (Å²) in [4.78, 5) is 33.4. The number of likely N-dealkylation sites (tertiary alicyclic amines) is 2. The molecule has 0 aliphatic carbocycles. The Morgan fingerprint density at radius 1 is 1.19 bits per heavy atom. The van der Waals surface area contributed by atoms with Crippen LogP contribution in [0.3, 0.4) is 0 Å². The minimum atomic E-state index is -0.289. The number of nitrogens with zero attached hydrogens (tertiary/aromatic N) is 3. The second-order valence-corrected chi connectivity index (χ2v) is 8.59. The zero-order chi connectivity index (χ0) is 19.3. The van der Waals surface area contributed by atoms with E-state index in [0.29, 0.717) is 19.5 Å². The zero-order valence-corrected chi connectivity index (χ0v) is 16.6. The van der Waals surface area contributed by atoms with E-state index in [9.17, 15) is 9.59 Å². The van der Waals surface area contributed by atoms with Gasteiger partial charge in [0.25, 0.3) is 0 Å². The van der Waals surface area contributed by atoms with E-state index >= 15 is 0 Å². The number of nitrogens with one attached hydrogen (secondary N) is 1. The van der Waals surface area contributed by atoms with Crippen LogP contribution in [0.5, 0.6) is 0 Å². The first-order valence-corrected chi connectivity index (χ1v) is 10.1. The first kappa shape index (κ1) is 19.8. The van der Waals surface area contributed by atoms with Crippen molar-refractivity contribution in [3.05, 3.63) is 30.1 Å². The molecule has 0 aromatic carbocycles. The van der Waals surface area contributed by atoms with Gasteiger partial charge in [-0.2, -0.15) is 0 Å². The summed E-state index contributed by atoms with van der Waals surface area (Å²) in [6.07, 6.45) is 8.85. The Morgan fingerprint density at radius 2 is 1.85 bits per heavy atom. The highest BCUT2D eigenvalue weighted by Gasteiger charge is 2.36. The molecule has 2 aliphatic heterocycles. The number of aromatic nitrogens is 1. The molecular formula is C21H32N4O2. The van der Waals surface area contributed by atoms with E-state index in [1.807, 2.05) is 12.1 Å². The molecule has 2 amide bonds. The molecule has 3 rings (SSSR count). The van der Waals surface area contributed by atoms with Gasteiger partial charge in [-0.1, -0.05) is 12.8 Å². The van der Waals surface area contributed by atoms with Crippen LogP contribution < -0.4 is 5.32 Å². The highest BCUT2D eigenvalue weighted by molar-refractivity contribution is 5.89. The van der Waals surface area contributed by atoms with Crippen LogP contribution in [0, 0.1) is 5.92 Å². The van der Waals surface area contributed by atoms with Gasteiger partial charge in [-0.25, -0.2) is 0 Å². The number of carbonyl (C=O) groups is 2. The first-order valence-electron chi connectivity index (χ1n) is 10.1. The van der Waals surface area contributed by atoms with Crippen LogP contribution in [0.15, 0.2) is 24.5 Å². The Bertz CT molecular complexity index is 639. The van der Waals surface area contributed by atoms with E-state index in [1.54, 1.807) is 17.3 Å². The molecular weight excluding hydrogens is 340 g/mol. The van der Waals surface area contributed by atoms with Gasteiger partial charge < -0.3 is 15.1 Å². The van der Waals surface area contributed by atoms with Crippen molar-refractivity contribution in [2.24, 2.45) is 5.92 Å². The third-order valence-corrected chi connectivity index (χ3v) is 5.49. The van der Waals surface area contributed by atoms with Crippen molar-refractivity contribution < 1.29 is 9.59 Å². The van der Waals surface area contributed by atoms with Gasteiger partial charge in [0.2, 0.25) is 11.8 Å². The average molecular weight is 373 g/mol. The Labute approximate surface area is 162 Å². The number of pyridine rings is 1. The molecule has 6 nitrogen and oxygen atoms in total. The molecule has 2 aliphatic rings. The lowest BCUT2D eigenvalue weighted by Crippen LogP contribution is -2.53. The third kappa shape index (κ3) is 5.76. The summed E-state index contributed by atoms with van der Waals surface area (Å²) in [5.41, 5.74) is 0.754. The van der Waals surface area contributed by atoms with Gasteiger partial charge in [-0.15, -0.1) is 0 Å². The SMILES string of the molecule is CC(C)(CN1CCCCCC1)NC(=O)C1CC(=O)N(Cc2ccncc2)C1. The maximum atomic E-state index is 12.8. The molecule has 1 aromatic rings. The smallest absolute Gasteiger partial charge is 0.225 e. The molecule has 27 heavy (non-hydrogen) atoms. The van der Waals surface area contributed by atoms with Gasteiger partial charge >= 0.3 is 0 Å². The van der Waals surface area contributed by atoms with Crippen molar-refractivity contribution in [2.75, 3.05) is 26.2 Å². The molecule has 0 saturated carbocycles. The van der Waals surface area contributed by atoms with Crippen LogP contribution in [0.1, 0.15) is 51.5 Å². The average Bonchev–Trinajstić information content (AvgIpc) is 2.81. The summed E-state index contributed by atoms with van der Waals surface area (Å²) in [6.45, 7) is 8.29. The molecule has 1 atom stereocenters. The maximum absolute atomic E-state index is 12.8. The third-order valence-electron chi connectivity index (χ3n) is 5.49. The Balaban J connectivity index is 1.52. The van der Waals surface area contributed by atoms with Crippen molar-refractivity contribution >= 4 is 11.8 Å².